The van der Waals surface area contributed by atoms with E-state index in [0.29, 0.717) is 11.4 Å². The van der Waals surface area contributed by atoms with E-state index in [2.05, 4.69) is 15.6 Å². The van der Waals surface area contributed by atoms with Crippen LogP contribution in [0, 0.1) is 5.41 Å². The van der Waals surface area contributed by atoms with Crippen molar-refractivity contribution in [2.24, 2.45) is 10.4 Å². The monoisotopic (exact) mass is 356 g/mol. The first-order valence-electron chi connectivity index (χ1n) is 9.41. The summed E-state index contributed by atoms with van der Waals surface area (Å²) in [5.41, 5.74) is 0.328. The maximum absolute atomic E-state index is 11.8. The Labute approximate surface area is 152 Å². The van der Waals surface area contributed by atoms with E-state index < -0.39 is 0 Å². The number of likely N-dealkylation sites (N-methyl/N-ethyl adjacent to an activating group) is 1. The Balaban J connectivity index is 2.43. The van der Waals surface area contributed by atoms with Crippen LogP contribution in [-0.4, -0.2) is 76.9 Å². The molecule has 7 heteroatoms. The molecular weight excluding hydrogens is 320 g/mol. The van der Waals surface area contributed by atoms with Crippen LogP contribution in [0.1, 0.15) is 39.5 Å². The standard InChI is InChI=1S/C18H36N4O3/c1-5-24-12-7-11-19-17(20-14-16(23)22(3)4)21-15-18(8-9-18)10-13-25-6-2/h5-15H2,1-4H3,(H2,19,20,21). The van der Waals surface area contributed by atoms with E-state index >= 15 is 0 Å². The van der Waals surface area contributed by atoms with Gasteiger partial charge in [-0.25, -0.2) is 4.99 Å². The number of rotatable bonds is 13. The lowest BCUT2D eigenvalue weighted by molar-refractivity contribution is -0.127. The lowest BCUT2D eigenvalue weighted by atomic mass is 10.0. The van der Waals surface area contributed by atoms with Gasteiger partial charge in [0.15, 0.2) is 5.96 Å². The maximum Gasteiger partial charge on any atom is 0.243 e. The zero-order chi connectivity index (χ0) is 18.5. The molecule has 0 saturated heterocycles. The molecule has 0 unspecified atom stereocenters. The highest BCUT2D eigenvalue weighted by Crippen LogP contribution is 2.48. The summed E-state index contributed by atoms with van der Waals surface area (Å²) in [4.78, 5) is 17.8. The van der Waals surface area contributed by atoms with Crippen molar-refractivity contribution in [2.45, 2.75) is 39.5 Å². The van der Waals surface area contributed by atoms with Crippen molar-refractivity contribution in [3.63, 3.8) is 0 Å². The summed E-state index contributed by atoms with van der Waals surface area (Å²) in [5.74, 6) is 0.697. The average Bonchev–Trinajstić information content (AvgIpc) is 3.36. The molecule has 1 rings (SSSR count). The summed E-state index contributed by atoms with van der Waals surface area (Å²) in [6.45, 7) is 8.85. The van der Waals surface area contributed by atoms with E-state index in [4.69, 9.17) is 9.47 Å². The second-order valence-corrected chi connectivity index (χ2v) is 6.73. The SMILES string of the molecule is CCOCCCNC(=NCC(=O)N(C)C)NCC1(CCOCC)CC1. The molecule has 0 aromatic rings. The number of guanidine groups is 1. The second kappa shape index (κ2) is 12.1. The van der Waals surface area contributed by atoms with Gasteiger partial charge in [0.05, 0.1) is 0 Å². The first-order valence-corrected chi connectivity index (χ1v) is 9.41. The average molecular weight is 357 g/mol. The fourth-order valence-corrected chi connectivity index (χ4v) is 2.38. The van der Waals surface area contributed by atoms with E-state index in [1.807, 2.05) is 13.8 Å². The Kier molecular flexibility index (Phi) is 10.5. The number of hydrogen-bond donors (Lipinski definition) is 2. The van der Waals surface area contributed by atoms with Crippen LogP contribution in [0.25, 0.3) is 0 Å². The molecule has 0 spiro atoms. The highest BCUT2D eigenvalue weighted by Gasteiger charge is 2.41. The zero-order valence-corrected chi connectivity index (χ0v) is 16.4. The van der Waals surface area contributed by atoms with Crippen LogP contribution in [0.4, 0.5) is 0 Å². The fourth-order valence-electron chi connectivity index (χ4n) is 2.38. The third kappa shape index (κ3) is 9.65. The van der Waals surface area contributed by atoms with Gasteiger partial charge in [0, 0.05) is 53.6 Å². The molecule has 146 valence electrons. The number of nitrogens with one attached hydrogen (secondary N) is 2. The molecular formula is C18H36N4O3. The van der Waals surface area contributed by atoms with Gasteiger partial charge >= 0.3 is 0 Å². The van der Waals surface area contributed by atoms with Crippen molar-refractivity contribution in [3.8, 4) is 0 Å². The molecule has 25 heavy (non-hydrogen) atoms. The van der Waals surface area contributed by atoms with Gasteiger partial charge in [0.1, 0.15) is 6.54 Å². The molecule has 1 aliphatic carbocycles. The predicted octanol–water partition coefficient (Wildman–Crippen LogP) is 1.24. The second-order valence-electron chi connectivity index (χ2n) is 6.73. The van der Waals surface area contributed by atoms with Crippen LogP contribution in [0.5, 0.6) is 0 Å². The Morgan fingerprint density at radius 1 is 1.12 bits per heavy atom. The lowest BCUT2D eigenvalue weighted by Gasteiger charge is -2.19. The molecule has 0 bridgehead atoms. The zero-order valence-electron chi connectivity index (χ0n) is 16.4. The molecule has 0 aromatic heterocycles. The first kappa shape index (κ1) is 21.7. The molecule has 0 radical (unpaired) electrons. The van der Waals surface area contributed by atoms with Gasteiger partial charge in [-0.1, -0.05) is 0 Å². The lowest BCUT2D eigenvalue weighted by Crippen LogP contribution is -2.42. The van der Waals surface area contributed by atoms with Crippen LogP contribution >= 0.6 is 0 Å². The van der Waals surface area contributed by atoms with Gasteiger partial charge in [-0.2, -0.15) is 0 Å². The number of ether oxygens (including phenoxy) is 2. The number of hydrogen-bond acceptors (Lipinski definition) is 4. The van der Waals surface area contributed by atoms with Gasteiger partial charge in [0.25, 0.3) is 0 Å². The fraction of sp³-hybridized carbons (Fsp3) is 0.889. The minimum Gasteiger partial charge on any atom is -0.382 e. The number of carbonyl (C=O) groups is 1. The molecule has 1 saturated carbocycles. The van der Waals surface area contributed by atoms with Crippen molar-refractivity contribution < 1.29 is 14.3 Å². The summed E-state index contributed by atoms with van der Waals surface area (Å²) in [7, 11) is 3.49. The van der Waals surface area contributed by atoms with Gasteiger partial charge in [-0.15, -0.1) is 0 Å². The minimum absolute atomic E-state index is 0.00658. The predicted molar refractivity (Wildman–Crippen MR) is 101 cm³/mol. The molecule has 2 N–H and O–H groups in total. The highest BCUT2D eigenvalue weighted by atomic mass is 16.5. The first-order chi connectivity index (χ1) is 12.0. The molecule has 0 heterocycles. The van der Waals surface area contributed by atoms with Gasteiger partial charge in [0.2, 0.25) is 5.91 Å². The van der Waals surface area contributed by atoms with E-state index in [1.165, 1.54) is 12.8 Å². The van der Waals surface area contributed by atoms with Crippen molar-refractivity contribution in [3.05, 3.63) is 0 Å². The highest BCUT2D eigenvalue weighted by molar-refractivity contribution is 5.84. The normalized spacial score (nSPS) is 15.8. The van der Waals surface area contributed by atoms with Gasteiger partial charge < -0.3 is 25.0 Å². The number of carbonyl (C=O) groups excluding carboxylic acids is 1. The van der Waals surface area contributed by atoms with Crippen molar-refractivity contribution in [1.82, 2.24) is 15.5 Å². The molecule has 0 atom stereocenters. The summed E-state index contributed by atoms with van der Waals surface area (Å²) >= 11 is 0. The summed E-state index contributed by atoms with van der Waals surface area (Å²) in [6.07, 6.45) is 4.43. The van der Waals surface area contributed by atoms with Crippen LogP contribution in [-0.2, 0) is 14.3 Å². The van der Waals surface area contributed by atoms with E-state index in [1.54, 1.807) is 19.0 Å². The van der Waals surface area contributed by atoms with Crippen molar-refractivity contribution >= 4 is 11.9 Å². The smallest absolute Gasteiger partial charge is 0.243 e. The Bertz CT molecular complexity index is 409. The summed E-state index contributed by atoms with van der Waals surface area (Å²) in [6, 6.07) is 0. The summed E-state index contributed by atoms with van der Waals surface area (Å²) in [5, 5.41) is 6.70. The Morgan fingerprint density at radius 2 is 1.80 bits per heavy atom. The number of amides is 1. The van der Waals surface area contributed by atoms with Crippen LogP contribution in [0.2, 0.25) is 0 Å². The van der Waals surface area contributed by atoms with Crippen molar-refractivity contribution in [1.29, 1.82) is 0 Å². The van der Waals surface area contributed by atoms with E-state index in [-0.39, 0.29) is 12.5 Å². The Hall–Kier alpha value is -1.34. The van der Waals surface area contributed by atoms with Gasteiger partial charge in [-0.3, -0.25) is 4.79 Å². The number of aliphatic imine (C=N–C) groups is 1. The minimum atomic E-state index is -0.00658. The van der Waals surface area contributed by atoms with Crippen LogP contribution < -0.4 is 10.6 Å². The quantitative estimate of drug-likeness (QED) is 0.295. The molecule has 1 aliphatic rings. The Morgan fingerprint density at radius 3 is 2.40 bits per heavy atom. The van der Waals surface area contributed by atoms with Gasteiger partial charge in [-0.05, 0) is 44.9 Å². The molecule has 1 fully saturated rings. The topological polar surface area (TPSA) is 75.2 Å². The third-order valence-electron chi connectivity index (χ3n) is 4.40. The molecule has 7 nitrogen and oxygen atoms in total. The van der Waals surface area contributed by atoms with E-state index in [9.17, 15) is 4.79 Å². The van der Waals surface area contributed by atoms with Crippen LogP contribution in [0.15, 0.2) is 4.99 Å². The maximum atomic E-state index is 11.8. The molecule has 0 aromatic carbocycles. The molecule has 1 amide bonds. The van der Waals surface area contributed by atoms with E-state index in [0.717, 1.165) is 52.4 Å². The van der Waals surface area contributed by atoms with Crippen molar-refractivity contribution in [2.75, 3.05) is 60.2 Å². The van der Waals surface area contributed by atoms with Crippen LogP contribution in [0.3, 0.4) is 0 Å². The number of nitrogens with zero attached hydrogens (tertiary/aromatic N) is 2. The molecule has 0 aliphatic heterocycles. The largest absolute Gasteiger partial charge is 0.382 e. The third-order valence-corrected chi connectivity index (χ3v) is 4.40. The summed E-state index contributed by atoms with van der Waals surface area (Å²) < 4.78 is 10.8.